The number of nitrogens with zero attached hydrogens (tertiary/aromatic N) is 3. The first-order valence-corrected chi connectivity index (χ1v) is 12.7. The Hall–Kier alpha value is -2.12. The van der Waals surface area contributed by atoms with E-state index in [2.05, 4.69) is 22.0 Å². The van der Waals surface area contributed by atoms with Crippen LogP contribution in [-0.2, 0) is 23.0 Å². The molecule has 1 saturated heterocycles. The lowest BCUT2D eigenvalue weighted by molar-refractivity contribution is 0.278. The van der Waals surface area contributed by atoms with Gasteiger partial charge in [-0.15, -0.1) is 0 Å². The second-order valence-electron chi connectivity index (χ2n) is 8.41. The van der Waals surface area contributed by atoms with Gasteiger partial charge in [-0.2, -0.15) is 4.31 Å². The van der Waals surface area contributed by atoms with Crippen LogP contribution in [0.1, 0.15) is 36.8 Å². The number of sulfonamides is 1. The fourth-order valence-corrected chi connectivity index (χ4v) is 5.26. The average Bonchev–Trinajstić information content (AvgIpc) is 2.77. The first-order chi connectivity index (χ1) is 14.5. The lowest BCUT2D eigenvalue weighted by atomic mass is 9.92. The zero-order valence-corrected chi connectivity index (χ0v) is 18.5. The van der Waals surface area contributed by atoms with Gasteiger partial charge in [0.25, 0.3) is 0 Å². The lowest BCUT2D eigenvalue weighted by Crippen LogP contribution is -2.35. The minimum absolute atomic E-state index is 0.464. The first kappa shape index (κ1) is 21.1. The highest BCUT2D eigenvalue weighted by Crippen LogP contribution is 2.27. The maximum absolute atomic E-state index is 11.8. The van der Waals surface area contributed by atoms with E-state index in [4.69, 9.17) is 4.74 Å². The van der Waals surface area contributed by atoms with Crippen molar-refractivity contribution in [3.8, 4) is 5.75 Å². The van der Waals surface area contributed by atoms with Crippen LogP contribution in [0.15, 0.2) is 42.7 Å². The molecule has 0 aliphatic carbocycles. The Kier molecular flexibility index (Phi) is 6.58. The average molecular weight is 430 g/mol. The van der Waals surface area contributed by atoms with Gasteiger partial charge < -0.3 is 9.64 Å². The zero-order valence-electron chi connectivity index (χ0n) is 17.7. The lowest BCUT2D eigenvalue weighted by Gasteiger charge is -2.33. The maximum Gasteiger partial charge on any atom is 0.211 e. The van der Waals surface area contributed by atoms with Crippen LogP contribution in [0.4, 0.5) is 5.69 Å². The molecule has 30 heavy (non-hydrogen) atoms. The predicted molar refractivity (Wildman–Crippen MR) is 119 cm³/mol. The summed E-state index contributed by atoms with van der Waals surface area (Å²) in [7, 11) is -3.13. The molecule has 3 heterocycles. The molecule has 0 spiro atoms. The van der Waals surface area contributed by atoms with Crippen LogP contribution in [-0.4, -0.2) is 50.2 Å². The largest absolute Gasteiger partial charge is 0.494 e. The minimum Gasteiger partial charge on any atom is -0.494 e. The van der Waals surface area contributed by atoms with E-state index < -0.39 is 10.0 Å². The van der Waals surface area contributed by atoms with Gasteiger partial charge in [0, 0.05) is 32.4 Å². The number of hydrogen-bond donors (Lipinski definition) is 0. The van der Waals surface area contributed by atoms with Crippen molar-refractivity contribution < 1.29 is 13.2 Å². The summed E-state index contributed by atoms with van der Waals surface area (Å²) >= 11 is 0. The molecule has 1 aromatic heterocycles. The van der Waals surface area contributed by atoms with Crippen LogP contribution in [0.25, 0.3) is 0 Å². The molecule has 2 aromatic rings. The maximum atomic E-state index is 11.8. The third-order valence-electron chi connectivity index (χ3n) is 6.28. The molecule has 0 unspecified atom stereocenters. The number of anilines is 1. The SMILES string of the molecule is CS(=O)(=O)N1CCc2cc(OCCCC3CCN(c4cccnc4)CC3)ccc2C1. The Labute approximate surface area is 179 Å². The van der Waals surface area contributed by atoms with Crippen LogP contribution in [0, 0.1) is 5.92 Å². The third-order valence-corrected chi connectivity index (χ3v) is 7.52. The van der Waals surface area contributed by atoms with Crippen molar-refractivity contribution >= 4 is 15.7 Å². The molecule has 0 radical (unpaired) electrons. The number of piperidine rings is 1. The van der Waals surface area contributed by atoms with Crippen molar-refractivity contribution in [3.63, 3.8) is 0 Å². The monoisotopic (exact) mass is 429 g/mol. The molecule has 1 fully saturated rings. The number of hydrogen-bond acceptors (Lipinski definition) is 5. The fraction of sp³-hybridized carbons (Fsp3) is 0.522. The quantitative estimate of drug-likeness (QED) is 0.631. The summed E-state index contributed by atoms with van der Waals surface area (Å²) in [6.45, 7) is 3.95. The van der Waals surface area contributed by atoms with Gasteiger partial charge in [0.1, 0.15) is 5.75 Å². The number of pyridine rings is 1. The van der Waals surface area contributed by atoms with E-state index in [1.54, 1.807) is 0 Å². The Morgan fingerprint density at radius 3 is 2.70 bits per heavy atom. The number of benzene rings is 1. The van der Waals surface area contributed by atoms with Crippen molar-refractivity contribution in [2.45, 2.75) is 38.6 Å². The zero-order chi connectivity index (χ0) is 21.0. The molecule has 0 atom stereocenters. The topological polar surface area (TPSA) is 62.7 Å². The molecular formula is C23H31N3O3S. The van der Waals surface area contributed by atoms with E-state index in [-0.39, 0.29) is 0 Å². The smallest absolute Gasteiger partial charge is 0.211 e. The van der Waals surface area contributed by atoms with Crippen molar-refractivity contribution in [2.24, 2.45) is 5.92 Å². The van der Waals surface area contributed by atoms with Gasteiger partial charge in [-0.3, -0.25) is 4.98 Å². The van der Waals surface area contributed by atoms with Gasteiger partial charge in [0.2, 0.25) is 10.0 Å². The van der Waals surface area contributed by atoms with Crippen LogP contribution < -0.4 is 9.64 Å². The molecule has 7 heteroatoms. The number of fused-ring (bicyclic) bond motifs is 1. The second-order valence-corrected chi connectivity index (χ2v) is 10.4. The number of rotatable bonds is 7. The van der Waals surface area contributed by atoms with Gasteiger partial charge in [-0.05, 0) is 73.4 Å². The van der Waals surface area contributed by atoms with Crippen molar-refractivity contribution in [1.29, 1.82) is 0 Å². The van der Waals surface area contributed by atoms with Crippen LogP contribution in [0.5, 0.6) is 5.75 Å². The first-order valence-electron chi connectivity index (χ1n) is 10.8. The van der Waals surface area contributed by atoms with Crippen LogP contribution >= 0.6 is 0 Å². The molecule has 2 aliphatic rings. The van der Waals surface area contributed by atoms with E-state index >= 15 is 0 Å². The molecule has 0 N–H and O–H groups in total. The minimum atomic E-state index is -3.13. The van der Waals surface area contributed by atoms with Crippen molar-refractivity contribution in [1.82, 2.24) is 9.29 Å². The van der Waals surface area contributed by atoms with Gasteiger partial charge in [-0.25, -0.2) is 8.42 Å². The standard InChI is InChI=1S/C23H31N3O3S/c1-30(27,28)26-14-10-20-16-23(7-6-21(20)18-26)29-15-3-4-19-8-12-25(13-9-19)22-5-2-11-24-17-22/h2,5-7,11,16-17,19H,3-4,8-10,12-15,18H2,1H3. The number of ether oxygens (including phenoxy) is 1. The van der Waals surface area contributed by atoms with E-state index in [1.165, 1.54) is 41.1 Å². The van der Waals surface area contributed by atoms with E-state index in [0.29, 0.717) is 13.1 Å². The number of aromatic nitrogens is 1. The van der Waals surface area contributed by atoms with E-state index in [0.717, 1.165) is 49.8 Å². The van der Waals surface area contributed by atoms with Gasteiger partial charge in [-0.1, -0.05) is 6.07 Å². The summed E-state index contributed by atoms with van der Waals surface area (Å²) < 4.78 is 31.0. The summed E-state index contributed by atoms with van der Waals surface area (Å²) in [6.07, 6.45) is 10.5. The highest BCUT2D eigenvalue weighted by molar-refractivity contribution is 7.88. The molecule has 1 aromatic carbocycles. The van der Waals surface area contributed by atoms with Gasteiger partial charge in [0.05, 0.1) is 24.7 Å². The Bertz CT molecular complexity index is 941. The molecule has 0 bridgehead atoms. The fourth-order valence-electron chi connectivity index (χ4n) is 4.46. The Morgan fingerprint density at radius 2 is 1.97 bits per heavy atom. The molecule has 2 aliphatic heterocycles. The van der Waals surface area contributed by atoms with Crippen molar-refractivity contribution in [2.75, 3.05) is 37.4 Å². The predicted octanol–water partition coefficient (Wildman–Crippen LogP) is 3.47. The Balaban J connectivity index is 1.19. The van der Waals surface area contributed by atoms with Crippen LogP contribution in [0.2, 0.25) is 0 Å². The summed E-state index contributed by atoms with van der Waals surface area (Å²) in [5, 5.41) is 0. The Morgan fingerprint density at radius 1 is 1.13 bits per heavy atom. The summed E-state index contributed by atoms with van der Waals surface area (Å²) in [5.41, 5.74) is 3.51. The summed E-state index contributed by atoms with van der Waals surface area (Å²) in [6, 6.07) is 10.2. The third kappa shape index (κ3) is 5.32. The molecule has 6 nitrogen and oxygen atoms in total. The molecule has 0 saturated carbocycles. The van der Waals surface area contributed by atoms with Gasteiger partial charge >= 0.3 is 0 Å². The highest BCUT2D eigenvalue weighted by atomic mass is 32.2. The molecule has 4 rings (SSSR count). The molecule has 162 valence electrons. The highest BCUT2D eigenvalue weighted by Gasteiger charge is 2.23. The molecular weight excluding hydrogens is 398 g/mol. The summed E-state index contributed by atoms with van der Waals surface area (Å²) in [5.74, 6) is 1.67. The summed E-state index contributed by atoms with van der Waals surface area (Å²) in [4.78, 5) is 6.65. The van der Waals surface area contributed by atoms with Gasteiger partial charge in [0.15, 0.2) is 0 Å². The van der Waals surface area contributed by atoms with E-state index in [9.17, 15) is 8.42 Å². The van der Waals surface area contributed by atoms with E-state index in [1.807, 2.05) is 30.6 Å². The normalized spacial score (nSPS) is 18.2. The second kappa shape index (κ2) is 9.35. The van der Waals surface area contributed by atoms with Crippen LogP contribution in [0.3, 0.4) is 0 Å². The van der Waals surface area contributed by atoms with Crippen molar-refractivity contribution in [3.05, 3.63) is 53.9 Å². The molecule has 0 amide bonds.